The molecule has 0 fully saturated rings. The third kappa shape index (κ3) is 3.17. The van der Waals surface area contributed by atoms with E-state index in [0.29, 0.717) is 17.3 Å². The number of carboxylic acid groups (broad SMARTS) is 1. The number of rotatable bonds is 5. The van der Waals surface area contributed by atoms with Crippen LogP contribution in [0.2, 0.25) is 0 Å². The molecule has 0 amide bonds. The topological polar surface area (TPSA) is 80.7 Å². The summed E-state index contributed by atoms with van der Waals surface area (Å²) >= 11 is 0. The van der Waals surface area contributed by atoms with Crippen LogP contribution in [0.15, 0.2) is 36.5 Å². The maximum absolute atomic E-state index is 10.7. The second-order valence-corrected chi connectivity index (χ2v) is 3.96. The molecule has 2 rings (SSSR count). The van der Waals surface area contributed by atoms with Crippen molar-refractivity contribution in [2.45, 2.75) is 0 Å². The van der Waals surface area contributed by atoms with Crippen molar-refractivity contribution in [3.8, 4) is 11.5 Å². The molecule has 0 atom stereocenters. The van der Waals surface area contributed by atoms with Gasteiger partial charge in [-0.2, -0.15) is 0 Å². The highest BCUT2D eigenvalue weighted by Gasteiger charge is 2.05. The van der Waals surface area contributed by atoms with E-state index in [1.165, 1.54) is 12.3 Å². The Morgan fingerprint density at radius 3 is 2.25 bits per heavy atom. The molecule has 0 saturated heterocycles. The molecule has 6 nitrogen and oxygen atoms in total. The van der Waals surface area contributed by atoms with Crippen LogP contribution in [0.3, 0.4) is 0 Å². The highest BCUT2D eigenvalue weighted by atomic mass is 16.5. The minimum Gasteiger partial charge on any atom is -0.497 e. The number of hydrogen-bond acceptors (Lipinski definition) is 5. The molecule has 2 aromatic rings. The minimum atomic E-state index is -1.01. The highest BCUT2D eigenvalue weighted by Crippen LogP contribution is 2.27. The molecule has 1 heterocycles. The molecule has 2 N–H and O–H groups in total. The Balaban J connectivity index is 2.22. The van der Waals surface area contributed by atoms with E-state index in [1.807, 2.05) is 0 Å². The zero-order valence-electron chi connectivity index (χ0n) is 11.1. The monoisotopic (exact) mass is 274 g/mol. The van der Waals surface area contributed by atoms with E-state index in [2.05, 4.69) is 10.3 Å². The Morgan fingerprint density at radius 1 is 1.15 bits per heavy atom. The summed E-state index contributed by atoms with van der Waals surface area (Å²) in [5.41, 5.74) is 0.871. The predicted octanol–water partition coefficient (Wildman–Crippen LogP) is 2.54. The molecule has 0 bridgehead atoms. The van der Waals surface area contributed by atoms with Crippen LogP contribution in [0, 0.1) is 0 Å². The average molecular weight is 274 g/mol. The Kier molecular flexibility index (Phi) is 4.05. The Labute approximate surface area is 116 Å². The second kappa shape index (κ2) is 5.92. The molecule has 1 aromatic carbocycles. The van der Waals surface area contributed by atoms with Crippen molar-refractivity contribution in [2.75, 3.05) is 19.5 Å². The third-order valence-electron chi connectivity index (χ3n) is 2.63. The van der Waals surface area contributed by atoms with E-state index in [9.17, 15) is 4.79 Å². The molecular weight excluding hydrogens is 260 g/mol. The van der Waals surface area contributed by atoms with Gasteiger partial charge in [-0.15, -0.1) is 0 Å². The van der Waals surface area contributed by atoms with Gasteiger partial charge in [0.25, 0.3) is 0 Å². The number of nitrogens with one attached hydrogen (secondary N) is 1. The molecule has 0 aliphatic heterocycles. The first kappa shape index (κ1) is 13.7. The number of carbonyl (C=O) groups is 1. The first-order chi connectivity index (χ1) is 9.62. The van der Waals surface area contributed by atoms with Crippen LogP contribution in [0.1, 0.15) is 10.4 Å². The summed E-state index contributed by atoms with van der Waals surface area (Å²) in [6.07, 6.45) is 1.29. The number of ether oxygens (including phenoxy) is 2. The van der Waals surface area contributed by atoms with Gasteiger partial charge in [0.1, 0.15) is 17.3 Å². The molecule has 0 unspecified atom stereocenters. The van der Waals surface area contributed by atoms with Crippen molar-refractivity contribution in [3.63, 3.8) is 0 Å². The number of aromatic nitrogens is 1. The van der Waals surface area contributed by atoms with Crippen LogP contribution in [0.4, 0.5) is 11.5 Å². The standard InChI is InChI=1S/C14H14N2O4/c1-19-11-5-10(6-12(7-11)20-2)16-13-4-3-9(8-15-13)14(17)18/h3-8H,1-2H3,(H,15,16)(H,17,18). The van der Waals surface area contributed by atoms with Crippen LogP contribution >= 0.6 is 0 Å². The van der Waals surface area contributed by atoms with E-state index in [1.54, 1.807) is 38.5 Å². The number of hydrogen-bond donors (Lipinski definition) is 2. The summed E-state index contributed by atoms with van der Waals surface area (Å²) in [4.78, 5) is 14.8. The van der Waals surface area contributed by atoms with Gasteiger partial charge in [0.2, 0.25) is 0 Å². The highest BCUT2D eigenvalue weighted by molar-refractivity contribution is 5.87. The van der Waals surface area contributed by atoms with Crippen LogP contribution < -0.4 is 14.8 Å². The van der Waals surface area contributed by atoms with E-state index in [4.69, 9.17) is 14.6 Å². The van der Waals surface area contributed by atoms with E-state index < -0.39 is 5.97 Å². The molecule has 0 aliphatic carbocycles. The van der Waals surface area contributed by atoms with Gasteiger partial charge in [0.05, 0.1) is 19.8 Å². The molecule has 104 valence electrons. The van der Waals surface area contributed by atoms with Gasteiger partial charge in [-0.3, -0.25) is 0 Å². The number of pyridine rings is 1. The van der Waals surface area contributed by atoms with Crippen molar-refractivity contribution in [1.82, 2.24) is 4.98 Å². The zero-order valence-corrected chi connectivity index (χ0v) is 11.1. The first-order valence-electron chi connectivity index (χ1n) is 5.82. The van der Waals surface area contributed by atoms with Gasteiger partial charge in [0.15, 0.2) is 0 Å². The smallest absolute Gasteiger partial charge is 0.337 e. The second-order valence-electron chi connectivity index (χ2n) is 3.96. The van der Waals surface area contributed by atoms with Gasteiger partial charge in [-0.25, -0.2) is 9.78 Å². The van der Waals surface area contributed by atoms with E-state index >= 15 is 0 Å². The number of carboxylic acids is 1. The maximum Gasteiger partial charge on any atom is 0.337 e. The molecule has 0 aliphatic rings. The molecule has 0 saturated carbocycles. The fourth-order valence-corrected chi connectivity index (χ4v) is 1.62. The summed E-state index contributed by atoms with van der Waals surface area (Å²) in [7, 11) is 3.14. The van der Waals surface area contributed by atoms with Gasteiger partial charge in [0, 0.05) is 30.1 Å². The van der Waals surface area contributed by atoms with Crippen molar-refractivity contribution in [2.24, 2.45) is 0 Å². The number of aromatic carboxylic acids is 1. The van der Waals surface area contributed by atoms with Crippen LogP contribution in [-0.4, -0.2) is 30.3 Å². The summed E-state index contributed by atoms with van der Waals surface area (Å²) in [6.45, 7) is 0. The Hall–Kier alpha value is -2.76. The number of benzene rings is 1. The van der Waals surface area contributed by atoms with Crippen LogP contribution in [0.25, 0.3) is 0 Å². The summed E-state index contributed by atoms with van der Waals surface area (Å²) in [5, 5.41) is 11.9. The lowest BCUT2D eigenvalue weighted by Gasteiger charge is -2.10. The molecule has 1 aromatic heterocycles. The SMILES string of the molecule is COc1cc(Nc2ccc(C(=O)O)cn2)cc(OC)c1. The molecule has 20 heavy (non-hydrogen) atoms. The quantitative estimate of drug-likeness (QED) is 0.872. The average Bonchev–Trinajstić information content (AvgIpc) is 2.47. The summed E-state index contributed by atoms with van der Waals surface area (Å²) in [5.74, 6) is 0.820. The van der Waals surface area contributed by atoms with Gasteiger partial charge < -0.3 is 19.9 Å². The third-order valence-corrected chi connectivity index (χ3v) is 2.63. The number of anilines is 2. The fraction of sp³-hybridized carbons (Fsp3) is 0.143. The molecule has 6 heteroatoms. The maximum atomic E-state index is 10.7. The zero-order chi connectivity index (χ0) is 14.5. The lowest BCUT2D eigenvalue weighted by molar-refractivity contribution is 0.0696. The van der Waals surface area contributed by atoms with Gasteiger partial charge in [-0.1, -0.05) is 0 Å². The van der Waals surface area contributed by atoms with Crippen molar-refractivity contribution >= 4 is 17.5 Å². The van der Waals surface area contributed by atoms with Crippen LogP contribution in [0.5, 0.6) is 11.5 Å². The minimum absolute atomic E-state index is 0.138. The first-order valence-corrected chi connectivity index (χ1v) is 5.82. The number of methoxy groups -OCH3 is 2. The lowest BCUT2D eigenvalue weighted by atomic mass is 10.2. The molecule has 0 spiro atoms. The Morgan fingerprint density at radius 2 is 1.80 bits per heavy atom. The van der Waals surface area contributed by atoms with E-state index in [-0.39, 0.29) is 5.56 Å². The van der Waals surface area contributed by atoms with Gasteiger partial charge in [-0.05, 0) is 12.1 Å². The normalized spacial score (nSPS) is 9.90. The summed E-state index contributed by atoms with van der Waals surface area (Å²) < 4.78 is 10.3. The van der Waals surface area contributed by atoms with Crippen molar-refractivity contribution in [3.05, 3.63) is 42.1 Å². The summed E-state index contributed by atoms with van der Waals surface area (Å²) in [6, 6.07) is 8.40. The fourth-order valence-electron chi connectivity index (χ4n) is 1.62. The van der Waals surface area contributed by atoms with Crippen LogP contribution in [-0.2, 0) is 0 Å². The van der Waals surface area contributed by atoms with Crippen molar-refractivity contribution in [1.29, 1.82) is 0 Å². The van der Waals surface area contributed by atoms with Crippen molar-refractivity contribution < 1.29 is 19.4 Å². The number of nitrogens with zero attached hydrogens (tertiary/aromatic N) is 1. The largest absolute Gasteiger partial charge is 0.497 e. The lowest BCUT2D eigenvalue weighted by Crippen LogP contribution is -1.99. The molecule has 0 radical (unpaired) electrons. The van der Waals surface area contributed by atoms with Gasteiger partial charge >= 0.3 is 5.97 Å². The van der Waals surface area contributed by atoms with E-state index in [0.717, 1.165) is 5.69 Å². The Bertz CT molecular complexity index is 589. The predicted molar refractivity (Wildman–Crippen MR) is 74.0 cm³/mol. The molecular formula is C14H14N2O4.